The summed E-state index contributed by atoms with van der Waals surface area (Å²) in [6, 6.07) is 13.6. The Hall–Kier alpha value is 0.620. The third-order valence-corrected chi connectivity index (χ3v) is 12.9. The number of allylic oxidation sites excluding steroid dienone is 4. The summed E-state index contributed by atoms with van der Waals surface area (Å²) >= 11 is 0. The van der Waals surface area contributed by atoms with Crippen LogP contribution in [0.15, 0.2) is 60.7 Å². The van der Waals surface area contributed by atoms with Crippen LogP contribution < -0.4 is 30.1 Å². The van der Waals surface area contributed by atoms with Gasteiger partial charge in [0, 0.05) is 0 Å². The first-order valence-electron chi connectivity index (χ1n) is 8.04. The molecule has 5 heteroatoms. The second-order valence-electron chi connectivity index (χ2n) is 6.45. The molecule has 2 aliphatic rings. The van der Waals surface area contributed by atoms with Gasteiger partial charge in [0.2, 0.25) is 0 Å². The molecule has 0 radical (unpaired) electrons. The molecule has 130 valence electrons. The molecule has 0 bridgehead atoms. The molecule has 0 saturated heterocycles. The summed E-state index contributed by atoms with van der Waals surface area (Å²) in [5.41, 5.74) is 0.825. The second-order valence-corrected chi connectivity index (χ2v) is 13.5. The van der Waals surface area contributed by atoms with Crippen LogP contribution in [-0.2, 0) is 25.8 Å². The van der Waals surface area contributed by atoms with Gasteiger partial charge in [-0.2, -0.15) is 6.07 Å². The topological polar surface area (TPSA) is 0 Å². The number of hydrogen-bond acceptors (Lipinski definition) is 0. The number of hydrogen-bond donors (Lipinski definition) is 0. The van der Waals surface area contributed by atoms with Crippen LogP contribution in [0.1, 0.15) is 6.42 Å². The average Bonchev–Trinajstić information content (AvgIpc) is 3.16. The number of fused-ring (bicyclic) bond motifs is 2. The van der Waals surface area contributed by atoms with E-state index in [4.69, 9.17) is 0 Å². The maximum atomic E-state index is 2.65. The van der Waals surface area contributed by atoms with Crippen molar-refractivity contribution < 1.29 is 50.7 Å². The SMILES string of the molecule is CP(c1cc2ccccc2[cH-]1)P(C)C1[CH-]C2C=CC=CC2C1.[Cl-].[Cl-].[Hf+4]. The van der Waals surface area contributed by atoms with Crippen LogP contribution in [0.25, 0.3) is 10.8 Å². The van der Waals surface area contributed by atoms with E-state index in [1.165, 1.54) is 17.2 Å². The van der Waals surface area contributed by atoms with E-state index < -0.39 is 0 Å². The van der Waals surface area contributed by atoms with E-state index in [1.54, 1.807) is 5.30 Å². The smallest absolute Gasteiger partial charge is 1.00 e. The molecule has 2 aromatic carbocycles. The van der Waals surface area contributed by atoms with Crippen LogP contribution in [-0.4, -0.2) is 19.0 Å². The van der Waals surface area contributed by atoms with Crippen molar-refractivity contribution in [1.82, 2.24) is 0 Å². The van der Waals surface area contributed by atoms with Gasteiger partial charge in [-0.15, -0.1) is 65.6 Å². The zero-order chi connectivity index (χ0) is 15.1. The third kappa shape index (κ3) is 4.92. The Morgan fingerprint density at radius 1 is 1.04 bits per heavy atom. The predicted molar refractivity (Wildman–Crippen MR) is 103 cm³/mol. The molecule has 5 atom stereocenters. The van der Waals surface area contributed by atoms with E-state index in [-0.39, 0.29) is 65.9 Å². The summed E-state index contributed by atoms with van der Waals surface area (Å²) in [5, 5.41) is 4.41. The fourth-order valence-corrected chi connectivity index (χ4v) is 9.47. The molecular formula is C20H22Cl2HfP2. The molecule has 1 saturated carbocycles. The zero-order valence-electron chi connectivity index (χ0n) is 14.4. The molecule has 25 heavy (non-hydrogen) atoms. The minimum Gasteiger partial charge on any atom is -1.00 e. The van der Waals surface area contributed by atoms with E-state index in [0.29, 0.717) is 5.92 Å². The minimum atomic E-state index is -0.0371. The second kappa shape index (κ2) is 10.2. The Kier molecular flexibility index (Phi) is 9.69. The first-order chi connectivity index (χ1) is 10.7. The molecular weight excluding hydrogens is 552 g/mol. The molecule has 2 aromatic rings. The van der Waals surface area contributed by atoms with E-state index in [2.05, 4.69) is 80.5 Å². The van der Waals surface area contributed by atoms with Crippen molar-refractivity contribution >= 4 is 31.3 Å². The van der Waals surface area contributed by atoms with Crippen molar-refractivity contribution in [2.24, 2.45) is 11.8 Å². The van der Waals surface area contributed by atoms with E-state index in [1.807, 2.05) is 0 Å². The molecule has 1 fully saturated rings. The summed E-state index contributed by atoms with van der Waals surface area (Å²) in [6.45, 7) is 5.03. The maximum Gasteiger partial charge on any atom is 4.00 e. The normalized spacial score (nSPS) is 26.1. The van der Waals surface area contributed by atoms with Crippen molar-refractivity contribution in [1.29, 1.82) is 0 Å². The van der Waals surface area contributed by atoms with Crippen LogP contribution in [0.4, 0.5) is 0 Å². The standard InChI is InChI=1S/C20H22P2.2ClH.Hf/c1-21(19-11-15-7-3-4-8-16(15)12-19)22(2)20-13-17-9-5-6-10-18(17)14-20;;;/h3-13,17-18,20H,14H2,1-2H3;2*1H;/q-2;;;+4/p-2. The Morgan fingerprint density at radius 3 is 2.48 bits per heavy atom. The van der Waals surface area contributed by atoms with Gasteiger partial charge in [0.25, 0.3) is 0 Å². The molecule has 0 N–H and O–H groups in total. The molecule has 0 spiro atoms. The Bertz CT molecular complexity index is 687. The van der Waals surface area contributed by atoms with Gasteiger partial charge in [0.05, 0.1) is 0 Å². The number of halogens is 2. The van der Waals surface area contributed by atoms with E-state index in [0.717, 1.165) is 11.6 Å². The van der Waals surface area contributed by atoms with Crippen molar-refractivity contribution in [3.05, 3.63) is 67.1 Å². The molecule has 0 heterocycles. The zero-order valence-corrected chi connectivity index (χ0v) is 21.3. The van der Waals surface area contributed by atoms with Gasteiger partial charge in [0.15, 0.2) is 0 Å². The summed E-state index contributed by atoms with van der Waals surface area (Å²) < 4.78 is 0. The monoisotopic (exact) mass is 574 g/mol. The fraction of sp³-hybridized carbons (Fsp3) is 0.300. The van der Waals surface area contributed by atoms with Crippen molar-refractivity contribution in [2.45, 2.75) is 12.1 Å². The first kappa shape index (κ1) is 23.7. The van der Waals surface area contributed by atoms with Crippen LogP contribution in [0.3, 0.4) is 0 Å². The Morgan fingerprint density at radius 2 is 1.76 bits per heavy atom. The van der Waals surface area contributed by atoms with E-state index >= 15 is 0 Å². The summed E-state index contributed by atoms with van der Waals surface area (Å²) in [5.74, 6) is 1.46. The van der Waals surface area contributed by atoms with Gasteiger partial charge < -0.3 is 31.2 Å². The molecule has 0 aromatic heterocycles. The predicted octanol–water partition coefficient (Wildman–Crippen LogP) is -0.337. The number of benzene rings is 1. The molecule has 5 unspecified atom stereocenters. The minimum absolute atomic E-state index is 0. The maximum absolute atomic E-state index is 2.65. The van der Waals surface area contributed by atoms with Crippen LogP contribution in [0.5, 0.6) is 0 Å². The molecule has 0 aliphatic heterocycles. The largest absolute Gasteiger partial charge is 4.00 e. The van der Waals surface area contributed by atoms with Crippen LogP contribution in [0.2, 0.25) is 0 Å². The fourth-order valence-electron chi connectivity index (χ4n) is 3.73. The summed E-state index contributed by atoms with van der Waals surface area (Å²) in [6.07, 6.45) is 13.3. The van der Waals surface area contributed by atoms with Crippen molar-refractivity contribution in [2.75, 3.05) is 13.3 Å². The summed E-state index contributed by atoms with van der Waals surface area (Å²) in [4.78, 5) is 0. The van der Waals surface area contributed by atoms with Gasteiger partial charge >= 0.3 is 25.8 Å². The van der Waals surface area contributed by atoms with E-state index in [9.17, 15) is 0 Å². The third-order valence-electron chi connectivity index (χ3n) is 5.18. The van der Waals surface area contributed by atoms with Crippen molar-refractivity contribution in [3.8, 4) is 0 Å². The molecule has 2 aliphatic carbocycles. The van der Waals surface area contributed by atoms with Gasteiger partial charge in [-0.3, -0.25) is 0 Å². The quantitative estimate of drug-likeness (QED) is 0.268. The van der Waals surface area contributed by atoms with Crippen LogP contribution in [0, 0.1) is 18.3 Å². The van der Waals surface area contributed by atoms with Gasteiger partial charge in [-0.1, -0.05) is 38.3 Å². The van der Waals surface area contributed by atoms with Crippen LogP contribution >= 0.6 is 15.2 Å². The molecule has 0 amide bonds. The average molecular weight is 574 g/mol. The van der Waals surface area contributed by atoms with Gasteiger partial charge in [-0.25, -0.2) is 0 Å². The van der Waals surface area contributed by atoms with Crippen molar-refractivity contribution in [3.63, 3.8) is 0 Å². The number of rotatable bonds is 3. The van der Waals surface area contributed by atoms with Gasteiger partial charge in [0.1, 0.15) is 0 Å². The molecule has 4 rings (SSSR count). The Labute approximate surface area is 185 Å². The van der Waals surface area contributed by atoms with Gasteiger partial charge in [-0.05, 0) is 19.2 Å². The molecule has 0 nitrogen and oxygen atoms in total. The Balaban J connectivity index is 0.00000104. The summed E-state index contributed by atoms with van der Waals surface area (Å²) in [7, 11) is 0.0115. The first-order valence-corrected chi connectivity index (χ1v) is 12.4.